The van der Waals surface area contributed by atoms with Crippen molar-refractivity contribution < 1.29 is 9.53 Å². The monoisotopic (exact) mass is 443 g/mol. The van der Waals surface area contributed by atoms with Gasteiger partial charge in [0.05, 0.1) is 6.61 Å². The lowest BCUT2D eigenvalue weighted by Crippen LogP contribution is -2.19. The second-order valence-corrected chi connectivity index (χ2v) is 7.81. The van der Waals surface area contributed by atoms with Gasteiger partial charge in [0, 0.05) is 17.0 Å². The van der Waals surface area contributed by atoms with Crippen LogP contribution in [-0.2, 0) is 9.53 Å². The van der Waals surface area contributed by atoms with E-state index >= 15 is 0 Å². The number of benzene rings is 3. The molecule has 0 fully saturated rings. The van der Waals surface area contributed by atoms with Crippen molar-refractivity contribution in [2.24, 2.45) is 0 Å². The average molecular weight is 444 g/mol. The quantitative estimate of drug-likeness (QED) is 0.306. The van der Waals surface area contributed by atoms with Crippen molar-refractivity contribution in [1.29, 1.82) is 0 Å². The highest BCUT2D eigenvalue weighted by molar-refractivity contribution is 6.30. The van der Waals surface area contributed by atoms with Crippen molar-refractivity contribution in [2.75, 3.05) is 27.2 Å². The molecule has 0 spiro atoms. The van der Waals surface area contributed by atoms with Crippen molar-refractivity contribution >= 4 is 46.8 Å². The molecule has 5 heteroatoms. The molecule has 30 heavy (non-hydrogen) atoms. The summed E-state index contributed by atoms with van der Waals surface area (Å²) in [5.41, 5.74) is 2.13. The minimum Gasteiger partial charge on any atom is -0.462 e. The van der Waals surface area contributed by atoms with Gasteiger partial charge in [-0.1, -0.05) is 66.2 Å². The summed E-state index contributed by atoms with van der Waals surface area (Å²) in [6.45, 7) is 1.28. The van der Waals surface area contributed by atoms with E-state index in [4.69, 9.17) is 16.3 Å². The van der Waals surface area contributed by atoms with Crippen LogP contribution in [0.1, 0.15) is 23.5 Å². The van der Waals surface area contributed by atoms with Crippen LogP contribution in [-0.4, -0.2) is 38.1 Å². The Balaban J connectivity index is 0.00000320. The van der Waals surface area contributed by atoms with Crippen molar-refractivity contribution in [1.82, 2.24) is 4.90 Å². The third-order valence-corrected chi connectivity index (χ3v) is 5.15. The van der Waals surface area contributed by atoms with Gasteiger partial charge in [-0.3, -0.25) is 0 Å². The van der Waals surface area contributed by atoms with Crippen LogP contribution in [0.25, 0.3) is 16.8 Å². The first-order valence-electron chi connectivity index (χ1n) is 9.76. The molecule has 3 aromatic carbocycles. The lowest BCUT2D eigenvalue weighted by Gasteiger charge is -2.21. The first-order valence-corrected chi connectivity index (χ1v) is 10.1. The van der Waals surface area contributed by atoms with Gasteiger partial charge in [-0.25, -0.2) is 4.79 Å². The van der Waals surface area contributed by atoms with Crippen LogP contribution in [0.3, 0.4) is 0 Å². The van der Waals surface area contributed by atoms with Crippen molar-refractivity contribution in [3.05, 3.63) is 89.0 Å². The van der Waals surface area contributed by atoms with E-state index in [1.54, 1.807) is 18.2 Å². The first-order chi connectivity index (χ1) is 14.0. The maximum absolute atomic E-state index is 12.3. The summed E-state index contributed by atoms with van der Waals surface area (Å²) < 4.78 is 5.61. The predicted octanol–water partition coefficient (Wildman–Crippen LogP) is 6.21. The second kappa shape index (κ2) is 11.8. The topological polar surface area (TPSA) is 29.5 Å². The average Bonchev–Trinajstić information content (AvgIpc) is 2.73. The third-order valence-electron chi connectivity index (χ3n) is 4.90. The molecule has 0 radical (unpaired) electrons. The molecule has 0 heterocycles. The van der Waals surface area contributed by atoms with Crippen LogP contribution in [0.15, 0.2) is 72.8 Å². The maximum Gasteiger partial charge on any atom is 0.330 e. The number of esters is 1. The molecule has 3 rings (SSSR count). The number of nitrogens with zero attached hydrogens (tertiary/aromatic N) is 1. The number of carbonyl (C=O) groups is 1. The standard InChI is InChI=1S/C25H26ClNO2.ClH/c1-27(2)17-16-21(24-9-5-7-20-6-3-4-8-23(20)24)18-29-25(28)15-12-19-10-13-22(26)14-11-19;/h3-15,21H,16-18H2,1-2H3;1H/b15-12+;. The first kappa shape index (κ1) is 23.9. The van der Waals surface area contributed by atoms with E-state index in [0.717, 1.165) is 18.5 Å². The predicted molar refractivity (Wildman–Crippen MR) is 129 cm³/mol. The zero-order valence-corrected chi connectivity index (χ0v) is 18.8. The molecule has 0 bridgehead atoms. The van der Waals surface area contributed by atoms with Crippen LogP contribution in [0.2, 0.25) is 5.02 Å². The van der Waals surface area contributed by atoms with Crippen molar-refractivity contribution in [3.63, 3.8) is 0 Å². The molecule has 0 N–H and O–H groups in total. The molecular formula is C25H27Cl2NO2. The minimum absolute atomic E-state index is 0. The Bertz CT molecular complexity index is 979. The summed E-state index contributed by atoms with van der Waals surface area (Å²) >= 11 is 5.89. The molecule has 1 unspecified atom stereocenters. The Morgan fingerprint density at radius 2 is 1.73 bits per heavy atom. The molecule has 0 aliphatic heterocycles. The smallest absolute Gasteiger partial charge is 0.330 e. The molecule has 0 saturated heterocycles. The van der Waals surface area contributed by atoms with E-state index < -0.39 is 0 Å². The highest BCUT2D eigenvalue weighted by atomic mass is 35.5. The molecule has 0 aromatic heterocycles. The number of halogens is 2. The summed E-state index contributed by atoms with van der Waals surface area (Å²) in [5.74, 6) is -0.202. The van der Waals surface area contributed by atoms with Crippen LogP contribution in [0.5, 0.6) is 0 Å². The van der Waals surface area contributed by atoms with Gasteiger partial charge < -0.3 is 9.64 Å². The Kier molecular flexibility index (Phi) is 9.38. The van der Waals surface area contributed by atoms with Gasteiger partial charge in [0.15, 0.2) is 0 Å². The molecule has 0 amide bonds. The number of fused-ring (bicyclic) bond motifs is 1. The number of hydrogen-bond acceptors (Lipinski definition) is 3. The van der Waals surface area contributed by atoms with Gasteiger partial charge in [-0.15, -0.1) is 12.4 Å². The summed E-state index contributed by atoms with van der Waals surface area (Å²) in [6.07, 6.45) is 4.12. The fourth-order valence-electron chi connectivity index (χ4n) is 3.32. The maximum atomic E-state index is 12.3. The fourth-order valence-corrected chi connectivity index (χ4v) is 3.44. The fraction of sp³-hybridized carbons (Fsp3) is 0.240. The normalized spacial score (nSPS) is 12.1. The molecular weight excluding hydrogens is 417 g/mol. The molecule has 3 nitrogen and oxygen atoms in total. The highest BCUT2D eigenvalue weighted by Gasteiger charge is 2.16. The summed E-state index contributed by atoms with van der Waals surface area (Å²) in [5, 5.41) is 3.09. The van der Waals surface area contributed by atoms with Crippen LogP contribution >= 0.6 is 24.0 Å². The van der Waals surface area contributed by atoms with E-state index in [-0.39, 0.29) is 24.3 Å². The number of hydrogen-bond donors (Lipinski definition) is 0. The molecule has 1 atom stereocenters. The van der Waals surface area contributed by atoms with Crippen molar-refractivity contribution in [2.45, 2.75) is 12.3 Å². The van der Waals surface area contributed by atoms with E-state index in [9.17, 15) is 4.79 Å². The molecule has 0 saturated carbocycles. The molecule has 158 valence electrons. The summed E-state index contributed by atoms with van der Waals surface area (Å²) in [6, 6.07) is 22.0. The number of ether oxygens (including phenoxy) is 1. The Hall–Kier alpha value is -2.33. The van der Waals surface area contributed by atoms with E-state index in [2.05, 4.69) is 55.4 Å². The van der Waals surface area contributed by atoms with Gasteiger partial charge in [0.25, 0.3) is 0 Å². The molecule has 0 aliphatic carbocycles. The van der Waals surface area contributed by atoms with Crippen molar-refractivity contribution in [3.8, 4) is 0 Å². The second-order valence-electron chi connectivity index (χ2n) is 7.37. The zero-order valence-electron chi connectivity index (χ0n) is 17.3. The lowest BCUT2D eigenvalue weighted by atomic mass is 9.91. The van der Waals surface area contributed by atoms with Gasteiger partial charge >= 0.3 is 5.97 Å². The van der Waals surface area contributed by atoms with Gasteiger partial charge in [-0.2, -0.15) is 0 Å². The number of carbonyl (C=O) groups excluding carboxylic acids is 1. The highest BCUT2D eigenvalue weighted by Crippen LogP contribution is 2.28. The van der Waals surface area contributed by atoms with Crippen LogP contribution in [0, 0.1) is 0 Å². The third kappa shape index (κ3) is 6.88. The SMILES string of the molecule is CN(C)CCC(COC(=O)/C=C/c1ccc(Cl)cc1)c1cccc2ccccc12.Cl. The van der Waals surface area contributed by atoms with Gasteiger partial charge in [0.1, 0.15) is 0 Å². The van der Waals surface area contributed by atoms with E-state index in [0.29, 0.717) is 11.6 Å². The summed E-state index contributed by atoms with van der Waals surface area (Å²) in [7, 11) is 4.11. The Morgan fingerprint density at radius 3 is 2.47 bits per heavy atom. The Labute approximate surface area is 189 Å². The van der Waals surface area contributed by atoms with Gasteiger partial charge in [0.2, 0.25) is 0 Å². The lowest BCUT2D eigenvalue weighted by molar-refractivity contribution is -0.138. The number of rotatable bonds is 8. The largest absolute Gasteiger partial charge is 0.462 e. The van der Waals surface area contributed by atoms with E-state index in [1.165, 1.54) is 22.4 Å². The zero-order chi connectivity index (χ0) is 20.6. The van der Waals surface area contributed by atoms with Crippen LogP contribution < -0.4 is 0 Å². The Morgan fingerprint density at radius 1 is 1.03 bits per heavy atom. The summed E-state index contributed by atoms with van der Waals surface area (Å²) in [4.78, 5) is 14.4. The van der Waals surface area contributed by atoms with Gasteiger partial charge in [-0.05, 0) is 67.2 Å². The molecule has 3 aromatic rings. The molecule has 0 aliphatic rings. The van der Waals surface area contributed by atoms with Crippen LogP contribution in [0.4, 0.5) is 0 Å². The van der Waals surface area contributed by atoms with E-state index in [1.807, 2.05) is 18.2 Å². The minimum atomic E-state index is -0.338.